The molecule has 2 heterocycles. The molecule has 1 aromatic rings. The van der Waals surface area contributed by atoms with Crippen molar-refractivity contribution in [2.24, 2.45) is 0 Å². The van der Waals surface area contributed by atoms with Gasteiger partial charge >= 0.3 is 0 Å². The minimum absolute atomic E-state index is 0.00664. The van der Waals surface area contributed by atoms with Crippen LogP contribution in [0.4, 0.5) is 0 Å². The van der Waals surface area contributed by atoms with Crippen LogP contribution in [0.15, 0.2) is 12.3 Å². The minimum Gasteiger partial charge on any atom is -0.484 e. The van der Waals surface area contributed by atoms with Crippen molar-refractivity contribution in [1.29, 1.82) is 0 Å². The molecule has 1 unspecified atom stereocenters. The molecule has 0 bridgehead atoms. The number of aliphatic hydroxyl groups is 1. The molecule has 0 fully saturated rings. The highest BCUT2D eigenvalue weighted by atomic mass is 35.5. The Morgan fingerprint density at radius 2 is 2.58 bits per heavy atom. The van der Waals surface area contributed by atoms with Gasteiger partial charge in [0, 0.05) is 12.6 Å². The van der Waals surface area contributed by atoms with Gasteiger partial charge in [-0.3, -0.25) is 4.98 Å². The van der Waals surface area contributed by atoms with Crippen LogP contribution < -0.4 is 4.74 Å². The SMILES string of the molecule is OCC1Cc2nccc(Cl)c2O1. The molecule has 1 aliphatic rings. The second kappa shape index (κ2) is 2.92. The lowest BCUT2D eigenvalue weighted by atomic mass is 10.2. The van der Waals surface area contributed by atoms with Crippen LogP contribution in [0.3, 0.4) is 0 Å². The van der Waals surface area contributed by atoms with E-state index in [2.05, 4.69) is 4.98 Å². The molecule has 1 N–H and O–H groups in total. The minimum atomic E-state index is -0.174. The Balaban J connectivity index is 2.35. The fourth-order valence-electron chi connectivity index (χ4n) is 1.26. The van der Waals surface area contributed by atoms with E-state index >= 15 is 0 Å². The average molecular weight is 186 g/mol. The Morgan fingerprint density at radius 3 is 3.25 bits per heavy atom. The first-order valence-electron chi connectivity index (χ1n) is 3.72. The standard InChI is InChI=1S/C8H8ClNO2/c9-6-1-2-10-7-3-5(4-11)12-8(6)7/h1-2,5,11H,3-4H2. The summed E-state index contributed by atoms with van der Waals surface area (Å²) in [6.07, 6.45) is 2.11. The Bertz CT molecular complexity index is 303. The van der Waals surface area contributed by atoms with E-state index in [0.717, 1.165) is 5.69 Å². The molecular formula is C8H8ClNO2. The van der Waals surface area contributed by atoms with Crippen molar-refractivity contribution in [2.45, 2.75) is 12.5 Å². The molecule has 2 rings (SSSR count). The van der Waals surface area contributed by atoms with Crippen LogP contribution >= 0.6 is 11.6 Å². The second-order valence-electron chi connectivity index (χ2n) is 2.70. The Hall–Kier alpha value is -0.800. The molecule has 1 aliphatic heterocycles. The molecule has 4 heteroatoms. The summed E-state index contributed by atoms with van der Waals surface area (Å²) < 4.78 is 5.34. The van der Waals surface area contributed by atoms with Gasteiger partial charge in [0.2, 0.25) is 0 Å². The highest BCUT2D eigenvalue weighted by Crippen LogP contribution is 2.33. The van der Waals surface area contributed by atoms with Gasteiger partial charge in [0.05, 0.1) is 17.3 Å². The van der Waals surface area contributed by atoms with Crippen LogP contribution in [0.1, 0.15) is 5.69 Å². The van der Waals surface area contributed by atoms with Crippen LogP contribution in [-0.2, 0) is 6.42 Å². The van der Waals surface area contributed by atoms with Crippen molar-refractivity contribution in [2.75, 3.05) is 6.61 Å². The Morgan fingerprint density at radius 1 is 1.75 bits per heavy atom. The molecule has 0 radical (unpaired) electrons. The van der Waals surface area contributed by atoms with Crippen molar-refractivity contribution in [1.82, 2.24) is 4.98 Å². The normalized spacial score (nSPS) is 20.3. The molecule has 0 aromatic carbocycles. The lowest BCUT2D eigenvalue weighted by molar-refractivity contribution is 0.134. The zero-order valence-electron chi connectivity index (χ0n) is 6.33. The molecule has 0 saturated heterocycles. The van der Waals surface area contributed by atoms with Gasteiger partial charge in [-0.1, -0.05) is 11.6 Å². The third-order valence-electron chi connectivity index (χ3n) is 1.84. The van der Waals surface area contributed by atoms with Gasteiger partial charge in [0.1, 0.15) is 6.10 Å². The van der Waals surface area contributed by atoms with E-state index in [1.807, 2.05) is 0 Å². The summed E-state index contributed by atoms with van der Waals surface area (Å²) in [7, 11) is 0. The topological polar surface area (TPSA) is 42.4 Å². The predicted molar refractivity (Wildman–Crippen MR) is 44.5 cm³/mol. The summed E-state index contributed by atoms with van der Waals surface area (Å²) in [5, 5.41) is 9.40. The molecule has 12 heavy (non-hydrogen) atoms. The summed E-state index contributed by atoms with van der Waals surface area (Å²) in [5.74, 6) is 0.623. The largest absolute Gasteiger partial charge is 0.484 e. The predicted octanol–water partition coefficient (Wildman–Crippen LogP) is 1.03. The third kappa shape index (κ3) is 1.15. The number of pyridine rings is 1. The first-order chi connectivity index (χ1) is 5.81. The van der Waals surface area contributed by atoms with Gasteiger partial charge in [-0.25, -0.2) is 0 Å². The summed E-state index contributed by atoms with van der Waals surface area (Å²) in [5.41, 5.74) is 0.835. The number of aliphatic hydroxyl groups excluding tert-OH is 1. The second-order valence-corrected chi connectivity index (χ2v) is 3.10. The van der Waals surface area contributed by atoms with Crippen molar-refractivity contribution in [3.05, 3.63) is 23.0 Å². The quantitative estimate of drug-likeness (QED) is 0.711. The molecule has 3 nitrogen and oxygen atoms in total. The lowest BCUT2D eigenvalue weighted by Gasteiger charge is -2.05. The van der Waals surface area contributed by atoms with Crippen LogP contribution in [-0.4, -0.2) is 22.8 Å². The van der Waals surface area contributed by atoms with Crippen molar-refractivity contribution >= 4 is 11.6 Å². The summed E-state index contributed by atoms with van der Waals surface area (Å²) in [6, 6.07) is 1.68. The fourth-order valence-corrected chi connectivity index (χ4v) is 1.47. The third-order valence-corrected chi connectivity index (χ3v) is 2.14. The van der Waals surface area contributed by atoms with Crippen LogP contribution in [0.2, 0.25) is 5.02 Å². The molecule has 1 atom stereocenters. The average Bonchev–Trinajstić information content (AvgIpc) is 2.49. The number of aromatic nitrogens is 1. The molecule has 0 amide bonds. The molecule has 0 saturated carbocycles. The maximum Gasteiger partial charge on any atom is 0.160 e. The van der Waals surface area contributed by atoms with E-state index in [1.165, 1.54) is 0 Å². The summed E-state index contributed by atoms with van der Waals surface area (Å²) in [6.45, 7) is 0.00664. The maximum atomic E-state index is 8.83. The number of nitrogens with zero attached hydrogens (tertiary/aromatic N) is 1. The van der Waals surface area contributed by atoms with Crippen molar-refractivity contribution in [3.8, 4) is 5.75 Å². The number of fused-ring (bicyclic) bond motifs is 1. The molecular weight excluding hydrogens is 178 g/mol. The number of halogens is 1. The smallest absolute Gasteiger partial charge is 0.160 e. The Labute approximate surface area is 75.0 Å². The molecule has 1 aromatic heterocycles. The van der Waals surface area contributed by atoms with E-state index in [0.29, 0.717) is 17.2 Å². The first-order valence-corrected chi connectivity index (χ1v) is 4.10. The van der Waals surface area contributed by atoms with E-state index in [-0.39, 0.29) is 12.7 Å². The van der Waals surface area contributed by atoms with Crippen LogP contribution in [0, 0.1) is 0 Å². The van der Waals surface area contributed by atoms with E-state index in [1.54, 1.807) is 12.3 Å². The number of rotatable bonds is 1. The van der Waals surface area contributed by atoms with Crippen molar-refractivity contribution in [3.63, 3.8) is 0 Å². The van der Waals surface area contributed by atoms with Crippen molar-refractivity contribution < 1.29 is 9.84 Å². The van der Waals surface area contributed by atoms with Gasteiger partial charge in [0.25, 0.3) is 0 Å². The first kappa shape index (κ1) is 7.83. The number of hydrogen-bond acceptors (Lipinski definition) is 3. The molecule has 64 valence electrons. The highest BCUT2D eigenvalue weighted by molar-refractivity contribution is 6.32. The van der Waals surface area contributed by atoms with Crippen LogP contribution in [0.25, 0.3) is 0 Å². The number of hydrogen-bond donors (Lipinski definition) is 1. The maximum absolute atomic E-state index is 8.83. The lowest BCUT2D eigenvalue weighted by Crippen LogP contribution is -2.17. The zero-order chi connectivity index (χ0) is 8.55. The van der Waals surface area contributed by atoms with Gasteiger partial charge in [-0.05, 0) is 6.07 Å². The summed E-state index contributed by atoms with van der Waals surface area (Å²) >= 11 is 5.85. The van der Waals surface area contributed by atoms with E-state index in [4.69, 9.17) is 21.4 Å². The summed E-state index contributed by atoms with van der Waals surface area (Å²) in [4.78, 5) is 4.10. The molecule has 0 aliphatic carbocycles. The highest BCUT2D eigenvalue weighted by Gasteiger charge is 2.25. The zero-order valence-corrected chi connectivity index (χ0v) is 7.08. The van der Waals surface area contributed by atoms with Gasteiger partial charge in [0.15, 0.2) is 5.75 Å². The van der Waals surface area contributed by atoms with E-state index in [9.17, 15) is 0 Å². The monoisotopic (exact) mass is 185 g/mol. The van der Waals surface area contributed by atoms with Gasteiger partial charge < -0.3 is 9.84 Å². The fraction of sp³-hybridized carbons (Fsp3) is 0.375. The van der Waals surface area contributed by atoms with E-state index < -0.39 is 0 Å². The van der Waals surface area contributed by atoms with Crippen LogP contribution in [0.5, 0.6) is 5.75 Å². The van der Waals surface area contributed by atoms with Gasteiger partial charge in [-0.15, -0.1) is 0 Å². The number of ether oxygens (including phenoxy) is 1. The Kier molecular flexibility index (Phi) is 1.90. The van der Waals surface area contributed by atoms with Gasteiger partial charge in [-0.2, -0.15) is 0 Å². The molecule has 0 spiro atoms.